The van der Waals surface area contributed by atoms with E-state index in [1.54, 1.807) is 0 Å². The van der Waals surface area contributed by atoms with Crippen molar-refractivity contribution in [2.45, 2.75) is 18.8 Å². The van der Waals surface area contributed by atoms with Crippen LogP contribution in [-0.2, 0) is 15.3 Å². The molecule has 134 valence electrons. The van der Waals surface area contributed by atoms with E-state index in [1.807, 2.05) is 12.1 Å². The van der Waals surface area contributed by atoms with E-state index in [-0.39, 0.29) is 17.5 Å². The Hall–Kier alpha value is -1.77. The van der Waals surface area contributed by atoms with Crippen molar-refractivity contribution in [2.24, 2.45) is 0 Å². The summed E-state index contributed by atoms with van der Waals surface area (Å²) >= 11 is 8.71. The van der Waals surface area contributed by atoms with Crippen molar-refractivity contribution in [1.82, 2.24) is 10.9 Å². The summed E-state index contributed by atoms with van der Waals surface area (Å²) in [5.74, 6) is 0.00790. The van der Waals surface area contributed by atoms with Crippen LogP contribution in [-0.4, -0.2) is 23.7 Å². The molecule has 0 aliphatic heterocycles. The molecule has 1 heterocycles. The monoisotopic (exact) mass is 402 g/mol. The number of hydrogen-bond donors (Lipinski definition) is 2. The molecule has 2 amide bonds. The third-order valence-electron chi connectivity index (χ3n) is 2.93. The summed E-state index contributed by atoms with van der Waals surface area (Å²) in [6.07, 6.45) is -0.841. The van der Waals surface area contributed by atoms with Crippen molar-refractivity contribution in [3.63, 3.8) is 0 Å². The van der Waals surface area contributed by atoms with Crippen LogP contribution >= 0.6 is 34.7 Å². The molecule has 0 fully saturated rings. The van der Waals surface area contributed by atoms with Crippen LogP contribution in [0.15, 0.2) is 36.4 Å². The highest BCUT2D eigenvalue weighted by Gasteiger charge is 2.15. The lowest BCUT2D eigenvalue weighted by Gasteiger charge is -2.15. The van der Waals surface area contributed by atoms with E-state index in [2.05, 4.69) is 10.9 Å². The summed E-state index contributed by atoms with van der Waals surface area (Å²) in [6.45, 7) is 1.53. The van der Waals surface area contributed by atoms with E-state index >= 15 is 0 Å². The fraction of sp³-hybridized carbons (Fsp3) is 0.250. The Labute approximate surface area is 157 Å². The van der Waals surface area contributed by atoms with Crippen molar-refractivity contribution in [3.8, 4) is 5.75 Å². The average Bonchev–Trinajstić information content (AvgIpc) is 3.00. The third-order valence-corrected chi connectivity index (χ3v) is 5.32. The Bertz CT molecular complexity index is 724. The van der Waals surface area contributed by atoms with Gasteiger partial charge in [0, 0.05) is 10.6 Å². The third kappa shape index (κ3) is 6.93. The first-order valence-electron chi connectivity index (χ1n) is 7.27. The number of hydrazine groups is 1. The maximum atomic E-state index is 12.8. The van der Waals surface area contributed by atoms with Crippen LogP contribution in [0, 0.1) is 5.82 Å². The lowest BCUT2D eigenvalue weighted by Crippen LogP contribution is -2.47. The number of carbonyl (C=O) groups excluding carboxylic acids is 2. The van der Waals surface area contributed by atoms with Crippen LogP contribution in [0.2, 0.25) is 4.34 Å². The molecule has 0 aliphatic rings. The van der Waals surface area contributed by atoms with Crippen molar-refractivity contribution in [3.05, 3.63) is 51.4 Å². The van der Waals surface area contributed by atoms with E-state index in [0.29, 0.717) is 15.8 Å². The maximum absolute atomic E-state index is 12.8. The topological polar surface area (TPSA) is 67.4 Å². The number of thioether (sulfide) groups is 1. The van der Waals surface area contributed by atoms with Crippen LogP contribution in [0.25, 0.3) is 0 Å². The molecule has 1 aromatic carbocycles. The minimum atomic E-state index is -0.841. The molecular weight excluding hydrogens is 387 g/mol. The number of ether oxygens (including phenoxy) is 1. The zero-order chi connectivity index (χ0) is 18.2. The molecule has 2 rings (SSSR count). The summed E-state index contributed by atoms with van der Waals surface area (Å²) < 4.78 is 18.9. The van der Waals surface area contributed by atoms with Gasteiger partial charge in [0.2, 0.25) is 5.91 Å². The fourth-order valence-electron chi connectivity index (χ4n) is 1.71. The van der Waals surface area contributed by atoms with Crippen LogP contribution in [0.1, 0.15) is 11.8 Å². The molecular formula is C16H16ClFN2O3S2. The van der Waals surface area contributed by atoms with Gasteiger partial charge in [-0.1, -0.05) is 11.6 Å². The van der Waals surface area contributed by atoms with Gasteiger partial charge >= 0.3 is 0 Å². The van der Waals surface area contributed by atoms with Gasteiger partial charge in [-0.25, -0.2) is 4.39 Å². The molecule has 5 nitrogen and oxygen atoms in total. The van der Waals surface area contributed by atoms with Crippen LogP contribution < -0.4 is 15.6 Å². The molecule has 0 bridgehead atoms. The molecule has 2 aromatic rings. The molecule has 0 radical (unpaired) electrons. The van der Waals surface area contributed by atoms with Gasteiger partial charge < -0.3 is 4.74 Å². The molecule has 0 aliphatic carbocycles. The van der Waals surface area contributed by atoms with Gasteiger partial charge in [0.1, 0.15) is 11.6 Å². The molecule has 0 saturated carbocycles. The number of hydrogen-bond acceptors (Lipinski definition) is 5. The highest BCUT2D eigenvalue weighted by molar-refractivity contribution is 7.99. The Morgan fingerprint density at radius 3 is 2.60 bits per heavy atom. The minimum absolute atomic E-state index is 0.197. The standard InChI is InChI=1S/C16H16ClFN2O3S2/c1-10(23-12-4-2-11(18)3-5-12)16(22)20-19-15(21)9-24-8-13-6-7-14(17)25-13/h2-7,10H,8-9H2,1H3,(H,19,21)(H,20,22)/t10-/m0/s1. The second kappa shape index (κ2) is 9.65. The van der Waals surface area contributed by atoms with E-state index in [4.69, 9.17) is 16.3 Å². The number of benzene rings is 1. The number of carbonyl (C=O) groups is 2. The first-order chi connectivity index (χ1) is 11.9. The molecule has 1 aromatic heterocycles. The maximum Gasteiger partial charge on any atom is 0.279 e. The van der Waals surface area contributed by atoms with Gasteiger partial charge in [0.15, 0.2) is 6.10 Å². The first kappa shape index (κ1) is 19.6. The van der Waals surface area contributed by atoms with E-state index in [0.717, 1.165) is 4.88 Å². The second-order valence-electron chi connectivity index (χ2n) is 4.95. The highest BCUT2D eigenvalue weighted by Crippen LogP contribution is 2.24. The molecule has 1 atom stereocenters. The number of rotatable bonds is 7. The smallest absolute Gasteiger partial charge is 0.279 e. The van der Waals surface area contributed by atoms with Crippen LogP contribution in [0.4, 0.5) is 4.39 Å². The Kier molecular flexibility index (Phi) is 7.54. The molecule has 2 N–H and O–H groups in total. The van der Waals surface area contributed by atoms with E-state index in [1.165, 1.54) is 54.3 Å². The van der Waals surface area contributed by atoms with E-state index in [9.17, 15) is 14.0 Å². The van der Waals surface area contributed by atoms with Gasteiger partial charge in [0.05, 0.1) is 10.1 Å². The van der Waals surface area contributed by atoms with Crippen molar-refractivity contribution < 1.29 is 18.7 Å². The SMILES string of the molecule is C[C@H](Oc1ccc(F)cc1)C(=O)NNC(=O)CSCc1ccc(Cl)s1. The van der Waals surface area contributed by atoms with Crippen molar-refractivity contribution >= 4 is 46.5 Å². The van der Waals surface area contributed by atoms with Crippen LogP contribution in [0.3, 0.4) is 0 Å². The lowest BCUT2D eigenvalue weighted by atomic mass is 10.3. The predicted octanol–water partition coefficient (Wildman–Crippen LogP) is 3.39. The fourth-order valence-corrected chi connectivity index (χ4v) is 3.74. The zero-order valence-electron chi connectivity index (χ0n) is 13.3. The quantitative estimate of drug-likeness (QED) is 0.696. The average molecular weight is 403 g/mol. The van der Waals surface area contributed by atoms with Crippen LogP contribution in [0.5, 0.6) is 5.75 Å². The van der Waals surface area contributed by atoms with E-state index < -0.39 is 12.0 Å². The first-order valence-corrected chi connectivity index (χ1v) is 9.62. The van der Waals surface area contributed by atoms with Gasteiger partial charge in [-0.2, -0.15) is 0 Å². The predicted molar refractivity (Wildman–Crippen MR) is 98.3 cm³/mol. The number of amides is 2. The van der Waals surface area contributed by atoms with Gasteiger partial charge in [0.25, 0.3) is 5.91 Å². The van der Waals surface area contributed by atoms with Gasteiger partial charge in [-0.3, -0.25) is 20.4 Å². The number of halogens is 2. The van der Waals surface area contributed by atoms with Gasteiger partial charge in [-0.05, 0) is 43.3 Å². The summed E-state index contributed by atoms with van der Waals surface area (Å²) in [5, 5.41) is 0. The summed E-state index contributed by atoms with van der Waals surface area (Å²) in [6, 6.07) is 9.04. The minimum Gasteiger partial charge on any atom is -0.481 e. The molecule has 0 saturated heterocycles. The highest BCUT2D eigenvalue weighted by atomic mass is 35.5. The largest absolute Gasteiger partial charge is 0.481 e. The summed E-state index contributed by atoms with van der Waals surface area (Å²) in [4.78, 5) is 24.7. The van der Waals surface area contributed by atoms with Gasteiger partial charge in [-0.15, -0.1) is 23.1 Å². The Morgan fingerprint density at radius 1 is 1.24 bits per heavy atom. The Morgan fingerprint density at radius 2 is 1.96 bits per heavy atom. The molecule has 25 heavy (non-hydrogen) atoms. The Balaban J connectivity index is 1.65. The zero-order valence-corrected chi connectivity index (χ0v) is 15.6. The summed E-state index contributed by atoms with van der Waals surface area (Å²) in [7, 11) is 0. The second-order valence-corrected chi connectivity index (χ2v) is 7.74. The molecule has 9 heteroatoms. The number of thiophene rings is 1. The molecule has 0 spiro atoms. The lowest BCUT2D eigenvalue weighted by molar-refractivity contribution is -0.131. The molecule has 0 unspecified atom stereocenters. The normalized spacial score (nSPS) is 11.6. The number of nitrogens with one attached hydrogen (secondary N) is 2. The summed E-state index contributed by atoms with van der Waals surface area (Å²) in [5.41, 5.74) is 4.62. The van der Waals surface area contributed by atoms with Crippen molar-refractivity contribution in [2.75, 3.05) is 5.75 Å². The van der Waals surface area contributed by atoms with Crippen molar-refractivity contribution in [1.29, 1.82) is 0 Å².